The fourth-order valence-electron chi connectivity index (χ4n) is 2.54. The van der Waals surface area contributed by atoms with Crippen molar-refractivity contribution < 1.29 is 28.5 Å². The Morgan fingerprint density at radius 2 is 1.04 bits per heavy atom. The molecule has 0 amide bonds. The predicted molar refractivity (Wildman–Crippen MR) is 110 cm³/mol. The first-order valence-corrected chi connectivity index (χ1v) is 9.66. The largest absolute Gasteiger partial charge is 0.508 e. The third kappa shape index (κ3) is 11.0. The van der Waals surface area contributed by atoms with Gasteiger partial charge in [0.15, 0.2) is 0 Å². The third-order valence-electron chi connectivity index (χ3n) is 4.35. The highest BCUT2D eigenvalue weighted by atomic mass is 16.7. The molecule has 0 radical (unpaired) electrons. The highest BCUT2D eigenvalue weighted by molar-refractivity contribution is 5.60. The second-order valence-electron chi connectivity index (χ2n) is 9.07. The van der Waals surface area contributed by atoms with Crippen molar-refractivity contribution in [2.45, 2.75) is 66.6 Å². The van der Waals surface area contributed by atoms with Gasteiger partial charge in [0.25, 0.3) is 0 Å². The lowest BCUT2D eigenvalue weighted by molar-refractivity contribution is -0.0216. The van der Waals surface area contributed by atoms with Gasteiger partial charge in [0.05, 0.1) is 0 Å². The van der Waals surface area contributed by atoms with Gasteiger partial charge in [0, 0.05) is 11.8 Å². The van der Waals surface area contributed by atoms with Crippen molar-refractivity contribution in [3.8, 4) is 0 Å². The molecule has 0 aliphatic rings. The molecule has 0 spiro atoms. The van der Waals surface area contributed by atoms with E-state index in [0.717, 1.165) is 0 Å². The molecular weight excluding hydrogens is 360 g/mol. The van der Waals surface area contributed by atoms with Crippen LogP contribution in [0.15, 0.2) is 25.3 Å². The van der Waals surface area contributed by atoms with Gasteiger partial charge in [-0.05, 0) is 53.4 Å². The maximum absolute atomic E-state index is 11.8. The normalized spacial score (nSPS) is 16.1. The minimum absolute atomic E-state index is 0.0773. The van der Waals surface area contributed by atoms with Crippen LogP contribution in [0.5, 0.6) is 0 Å². The van der Waals surface area contributed by atoms with Crippen LogP contribution in [0.25, 0.3) is 0 Å². The maximum atomic E-state index is 11.8. The van der Waals surface area contributed by atoms with Crippen LogP contribution in [0, 0.1) is 23.7 Å². The van der Waals surface area contributed by atoms with Crippen LogP contribution < -0.4 is 0 Å². The molecule has 4 atom stereocenters. The van der Waals surface area contributed by atoms with E-state index in [1.165, 1.54) is 0 Å². The second-order valence-corrected chi connectivity index (χ2v) is 9.07. The summed E-state index contributed by atoms with van der Waals surface area (Å²) in [5.74, 6) is 0.0494. The number of carbonyl (C=O) groups is 2. The van der Waals surface area contributed by atoms with Crippen molar-refractivity contribution in [3.05, 3.63) is 25.3 Å². The molecule has 0 aliphatic heterocycles. The lowest BCUT2D eigenvalue weighted by Crippen LogP contribution is -2.31. The van der Waals surface area contributed by atoms with Crippen molar-refractivity contribution in [1.29, 1.82) is 0 Å². The van der Waals surface area contributed by atoms with Crippen LogP contribution in [0.2, 0.25) is 0 Å². The topological polar surface area (TPSA) is 71.1 Å². The Labute approximate surface area is 170 Å². The van der Waals surface area contributed by atoms with E-state index in [-0.39, 0.29) is 36.9 Å². The molecule has 0 aromatic carbocycles. The Morgan fingerprint density at radius 1 is 0.750 bits per heavy atom. The average molecular weight is 399 g/mol. The first kappa shape index (κ1) is 26.0. The smallest absolute Gasteiger partial charge is 0.434 e. The summed E-state index contributed by atoms with van der Waals surface area (Å²) in [6, 6.07) is 0. The van der Waals surface area contributed by atoms with Crippen molar-refractivity contribution in [2.75, 3.05) is 13.2 Å². The average Bonchev–Trinajstić information content (AvgIpc) is 2.52. The van der Waals surface area contributed by atoms with Gasteiger partial charge < -0.3 is 18.9 Å². The van der Waals surface area contributed by atoms with Crippen LogP contribution in [0.3, 0.4) is 0 Å². The fourth-order valence-corrected chi connectivity index (χ4v) is 2.54. The zero-order valence-corrected chi connectivity index (χ0v) is 18.7. The van der Waals surface area contributed by atoms with Crippen molar-refractivity contribution >= 4 is 12.3 Å². The Morgan fingerprint density at radius 3 is 1.25 bits per heavy atom. The molecular formula is C22H38O6. The molecule has 0 saturated heterocycles. The van der Waals surface area contributed by atoms with Gasteiger partial charge in [-0.3, -0.25) is 0 Å². The molecule has 6 heteroatoms. The third-order valence-corrected chi connectivity index (χ3v) is 4.35. The quantitative estimate of drug-likeness (QED) is 0.363. The van der Waals surface area contributed by atoms with E-state index in [2.05, 4.69) is 13.2 Å². The Hall–Kier alpha value is -1.98. The monoisotopic (exact) mass is 398 g/mol. The van der Waals surface area contributed by atoms with E-state index in [0.29, 0.717) is 0 Å². The zero-order chi connectivity index (χ0) is 22.1. The second kappa shape index (κ2) is 11.1. The summed E-state index contributed by atoms with van der Waals surface area (Å²) < 4.78 is 20.8. The summed E-state index contributed by atoms with van der Waals surface area (Å²) in [6.07, 6.45) is 2.13. The van der Waals surface area contributed by atoms with Gasteiger partial charge >= 0.3 is 12.3 Å². The van der Waals surface area contributed by atoms with Gasteiger partial charge in [-0.15, -0.1) is 13.2 Å². The summed E-state index contributed by atoms with van der Waals surface area (Å²) in [7, 11) is 0. The lowest BCUT2D eigenvalue weighted by Gasteiger charge is -2.31. The summed E-state index contributed by atoms with van der Waals surface area (Å²) >= 11 is 0. The van der Waals surface area contributed by atoms with Crippen LogP contribution in [0.1, 0.15) is 55.4 Å². The van der Waals surface area contributed by atoms with E-state index in [9.17, 15) is 9.59 Å². The molecule has 162 valence electrons. The summed E-state index contributed by atoms with van der Waals surface area (Å²) in [4.78, 5) is 23.6. The molecule has 0 bridgehead atoms. The Bertz CT molecular complexity index is 478. The molecule has 6 nitrogen and oxygen atoms in total. The van der Waals surface area contributed by atoms with E-state index < -0.39 is 23.5 Å². The first-order chi connectivity index (χ1) is 12.7. The van der Waals surface area contributed by atoms with E-state index in [1.807, 2.05) is 13.8 Å². The number of carbonyl (C=O) groups excluding carboxylic acids is 2. The van der Waals surface area contributed by atoms with E-state index in [1.54, 1.807) is 53.7 Å². The van der Waals surface area contributed by atoms with Gasteiger partial charge in [-0.2, -0.15) is 0 Å². The molecule has 0 fully saturated rings. The van der Waals surface area contributed by atoms with Gasteiger partial charge in [0.2, 0.25) is 0 Å². The summed E-state index contributed by atoms with van der Waals surface area (Å²) in [6.45, 7) is 22.8. The van der Waals surface area contributed by atoms with Crippen LogP contribution in [0.4, 0.5) is 9.59 Å². The Balaban J connectivity index is 4.75. The minimum atomic E-state index is -0.701. The molecule has 28 heavy (non-hydrogen) atoms. The van der Waals surface area contributed by atoms with Crippen LogP contribution in [-0.2, 0) is 18.9 Å². The number of ether oxygens (including phenoxy) is 4. The van der Waals surface area contributed by atoms with Crippen LogP contribution in [-0.4, -0.2) is 36.7 Å². The highest BCUT2D eigenvalue weighted by Gasteiger charge is 2.29. The maximum Gasteiger partial charge on any atom is 0.508 e. The molecule has 0 aromatic rings. The first-order valence-electron chi connectivity index (χ1n) is 9.66. The number of rotatable bonds is 9. The van der Waals surface area contributed by atoms with E-state index in [4.69, 9.17) is 18.9 Å². The fraction of sp³-hybridized carbons (Fsp3) is 0.727. The molecule has 0 aliphatic carbocycles. The molecule has 0 unspecified atom stereocenters. The zero-order valence-electron chi connectivity index (χ0n) is 18.7. The number of hydrogen-bond acceptors (Lipinski definition) is 6. The standard InChI is InChI=1S/C22H38O6/c1-11-17(13-25-19(23)27-21(5,6)7)15(3)16(4)18(12-2)14-26-20(24)28-22(8,9)10/h11-12,15-18H,1-2,13-14H2,3-10H3/t15-,16+,17+,18-. The van der Waals surface area contributed by atoms with Gasteiger partial charge in [-0.1, -0.05) is 26.0 Å². The lowest BCUT2D eigenvalue weighted by atomic mass is 9.77. The van der Waals surface area contributed by atoms with Crippen LogP contribution >= 0.6 is 0 Å². The van der Waals surface area contributed by atoms with Crippen molar-refractivity contribution in [1.82, 2.24) is 0 Å². The highest BCUT2D eigenvalue weighted by Crippen LogP contribution is 2.29. The molecule has 0 N–H and O–H groups in total. The van der Waals surface area contributed by atoms with Gasteiger partial charge in [0.1, 0.15) is 24.4 Å². The predicted octanol–water partition coefficient (Wildman–Crippen LogP) is 5.77. The van der Waals surface area contributed by atoms with Crippen molar-refractivity contribution in [2.24, 2.45) is 23.7 Å². The SMILES string of the molecule is C=C[C@H](COC(=O)OC(C)(C)C)[C@@H](C)[C@@H](C)[C@@H](C=C)COC(=O)OC(C)(C)C. The summed E-state index contributed by atoms with van der Waals surface area (Å²) in [5.41, 5.74) is -1.21. The minimum Gasteiger partial charge on any atom is -0.434 e. The molecule has 0 rings (SSSR count). The molecule has 0 saturated carbocycles. The Kier molecular flexibility index (Phi) is 10.3. The molecule has 0 aromatic heterocycles. The molecule has 0 heterocycles. The number of hydrogen-bond donors (Lipinski definition) is 0. The van der Waals surface area contributed by atoms with Gasteiger partial charge in [-0.25, -0.2) is 9.59 Å². The van der Waals surface area contributed by atoms with Crippen molar-refractivity contribution in [3.63, 3.8) is 0 Å². The van der Waals surface area contributed by atoms with E-state index >= 15 is 0 Å². The summed E-state index contributed by atoms with van der Waals surface area (Å²) in [5, 5.41) is 0.